The Labute approximate surface area is 68.6 Å². The molecule has 0 saturated carbocycles. The molecule has 0 unspecified atom stereocenters. The fourth-order valence-electron chi connectivity index (χ4n) is 1.01. The summed E-state index contributed by atoms with van der Waals surface area (Å²) in [5.74, 6) is 0.903. The van der Waals surface area contributed by atoms with Gasteiger partial charge in [0, 0.05) is 6.07 Å². The number of aromatic amines is 1. The number of ether oxygens (including phenoxy) is 1. The van der Waals surface area contributed by atoms with Crippen molar-refractivity contribution in [2.75, 3.05) is 12.8 Å². The summed E-state index contributed by atoms with van der Waals surface area (Å²) in [5.41, 5.74) is 6.82. The molecule has 0 spiro atoms. The van der Waals surface area contributed by atoms with Gasteiger partial charge in [-0.3, -0.25) is 0 Å². The number of nitrogen functional groups attached to an aromatic ring is 1. The van der Waals surface area contributed by atoms with Crippen LogP contribution in [0, 0.1) is 0 Å². The second kappa shape index (κ2) is 2.37. The van der Waals surface area contributed by atoms with Gasteiger partial charge in [0.2, 0.25) is 5.88 Å². The Morgan fingerprint density at radius 1 is 1.42 bits per heavy atom. The number of fused-ring (bicyclic) bond motifs is 1. The molecule has 62 valence electrons. The Morgan fingerprint density at radius 2 is 2.25 bits per heavy atom. The minimum absolute atomic E-state index is 0.366. The molecule has 0 aliphatic heterocycles. The summed E-state index contributed by atoms with van der Waals surface area (Å²) < 4.78 is 4.93. The summed E-state index contributed by atoms with van der Waals surface area (Å²) in [6.07, 6.45) is 0. The normalized spacial score (nSPS) is 10.4. The Morgan fingerprint density at radius 3 is 3.00 bits per heavy atom. The second-order valence-corrected chi connectivity index (χ2v) is 2.35. The van der Waals surface area contributed by atoms with E-state index in [2.05, 4.69) is 15.0 Å². The highest BCUT2D eigenvalue weighted by atomic mass is 16.5. The Kier molecular flexibility index (Phi) is 1.36. The van der Waals surface area contributed by atoms with Gasteiger partial charge in [0.25, 0.3) is 0 Å². The molecule has 3 N–H and O–H groups in total. The highest BCUT2D eigenvalue weighted by molar-refractivity contribution is 5.73. The minimum atomic E-state index is 0.366. The van der Waals surface area contributed by atoms with Crippen molar-refractivity contribution in [1.82, 2.24) is 15.0 Å². The largest absolute Gasteiger partial charge is 0.481 e. The first-order chi connectivity index (χ1) is 5.79. The number of imidazole rings is 1. The molecule has 0 saturated heterocycles. The number of nitrogens with zero attached hydrogens (tertiary/aromatic N) is 2. The van der Waals surface area contributed by atoms with Crippen LogP contribution >= 0.6 is 0 Å². The van der Waals surface area contributed by atoms with E-state index in [9.17, 15) is 0 Å². The molecular weight excluding hydrogens is 156 g/mol. The SMILES string of the molecule is COc1ccc2[nH]c(N)nc2n1. The maximum atomic E-state index is 5.43. The maximum Gasteiger partial charge on any atom is 0.215 e. The zero-order valence-electron chi connectivity index (χ0n) is 6.53. The van der Waals surface area contributed by atoms with Crippen LogP contribution in [-0.4, -0.2) is 22.1 Å². The van der Waals surface area contributed by atoms with Crippen molar-refractivity contribution in [3.63, 3.8) is 0 Å². The quantitative estimate of drug-likeness (QED) is 0.645. The van der Waals surface area contributed by atoms with Crippen molar-refractivity contribution in [1.29, 1.82) is 0 Å². The maximum absolute atomic E-state index is 5.43. The number of pyridine rings is 1. The van der Waals surface area contributed by atoms with Crippen LogP contribution in [0.15, 0.2) is 12.1 Å². The van der Waals surface area contributed by atoms with Gasteiger partial charge in [0.15, 0.2) is 11.6 Å². The number of nitrogens with one attached hydrogen (secondary N) is 1. The van der Waals surface area contributed by atoms with Crippen molar-refractivity contribution >= 4 is 17.1 Å². The predicted molar refractivity (Wildman–Crippen MR) is 44.9 cm³/mol. The number of methoxy groups -OCH3 is 1. The van der Waals surface area contributed by atoms with E-state index in [1.54, 1.807) is 13.2 Å². The summed E-state index contributed by atoms with van der Waals surface area (Å²) in [5, 5.41) is 0. The molecule has 2 aromatic heterocycles. The van der Waals surface area contributed by atoms with E-state index in [0.29, 0.717) is 17.5 Å². The molecule has 2 rings (SSSR count). The third-order valence-electron chi connectivity index (χ3n) is 1.55. The minimum Gasteiger partial charge on any atom is -0.481 e. The van der Waals surface area contributed by atoms with Crippen LogP contribution in [-0.2, 0) is 0 Å². The van der Waals surface area contributed by atoms with Gasteiger partial charge in [-0.25, -0.2) is 0 Å². The molecular formula is C7H8N4O. The van der Waals surface area contributed by atoms with E-state index in [0.717, 1.165) is 5.52 Å². The monoisotopic (exact) mass is 164 g/mol. The predicted octanol–water partition coefficient (Wildman–Crippen LogP) is 0.549. The summed E-state index contributed by atoms with van der Waals surface area (Å²) in [7, 11) is 1.56. The molecule has 5 nitrogen and oxygen atoms in total. The Hall–Kier alpha value is -1.78. The lowest BCUT2D eigenvalue weighted by atomic mass is 10.4. The van der Waals surface area contributed by atoms with E-state index in [1.807, 2.05) is 6.07 Å². The number of rotatable bonds is 1. The Balaban J connectivity index is 2.66. The molecule has 0 aromatic carbocycles. The first-order valence-corrected chi connectivity index (χ1v) is 3.46. The van der Waals surface area contributed by atoms with Gasteiger partial charge in [-0.2, -0.15) is 9.97 Å². The molecule has 0 fully saturated rings. The van der Waals surface area contributed by atoms with Crippen LogP contribution in [0.1, 0.15) is 0 Å². The van der Waals surface area contributed by atoms with E-state index in [4.69, 9.17) is 10.5 Å². The van der Waals surface area contributed by atoms with E-state index >= 15 is 0 Å². The van der Waals surface area contributed by atoms with Crippen molar-refractivity contribution in [2.24, 2.45) is 0 Å². The van der Waals surface area contributed by atoms with Gasteiger partial charge >= 0.3 is 0 Å². The zero-order valence-corrected chi connectivity index (χ0v) is 6.53. The summed E-state index contributed by atoms with van der Waals surface area (Å²) in [4.78, 5) is 10.9. The molecule has 12 heavy (non-hydrogen) atoms. The fraction of sp³-hybridized carbons (Fsp3) is 0.143. The van der Waals surface area contributed by atoms with Gasteiger partial charge in [0.1, 0.15) is 0 Å². The van der Waals surface area contributed by atoms with Crippen LogP contribution in [0.3, 0.4) is 0 Å². The lowest BCUT2D eigenvalue weighted by Gasteiger charge is -1.94. The number of aromatic nitrogens is 3. The lowest BCUT2D eigenvalue weighted by molar-refractivity contribution is 0.399. The first kappa shape index (κ1) is 6.90. The number of H-pyrrole nitrogens is 1. The molecule has 0 aliphatic carbocycles. The van der Waals surface area contributed by atoms with Crippen LogP contribution < -0.4 is 10.5 Å². The molecule has 5 heteroatoms. The molecule has 0 aliphatic rings. The van der Waals surface area contributed by atoms with Gasteiger partial charge < -0.3 is 15.5 Å². The third-order valence-corrected chi connectivity index (χ3v) is 1.55. The van der Waals surface area contributed by atoms with Crippen LogP contribution in [0.25, 0.3) is 11.2 Å². The smallest absolute Gasteiger partial charge is 0.215 e. The number of anilines is 1. The van der Waals surface area contributed by atoms with Crippen molar-refractivity contribution in [2.45, 2.75) is 0 Å². The van der Waals surface area contributed by atoms with Gasteiger partial charge in [0.05, 0.1) is 12.6 Å². The average Bonchev–Trinajstić information content (AvgIpc) is 2.43. The number of hydrogen-bond donors (Lipinski definition) is 2. The van der Waals surface area contributed by atoms with Gasteiger partial charge in [-0.1, -0.05) is 0 Å². The summed E-state index contributed by atoms with van der Waals surface area (Å²) >= 11 is 0. The molecule has 0 amide bonds. The summed E-state index contributed by atoms with van der Waals surface area (Å²) in [6, 6.07) is 3.57. The molecule has 2 heterocycles. The van der Waals surface area contributed by atoms with E-state index in [-0.39, 0.29) is 0 Å². The van der Waals surface area contributed by atoms with Crippen molar-refractivity contribution in [3.05, 3.63) is 12.1 Å². The van der Waals surface area contributed by atoms with Gasteiger partial charge in [-0.15, -0.1) is 0 Å². The van der Waals surface area contributed by atoms with Crippen LogP contribution in [0.5, 0.6) is 5.88 Å². The number of nitrogens with two attached hydrogens (primary N) is 1. The lowest BCUT2D eigenvalue weighted by Crippen LogP contribution is -1.87. The van der Waals surface area contributed by atoms with Crippen LogP contribution in [0.4, 0.5) is 5.95 Å². The first-order valence-electron chi connectivity index (χ1n) is 3.46. The van der Waals surface area contributed by atoms with Crippen molar-refractivity contribution in [3.8, 4) is 5.88 Å². The molecule has 0 radical (unpaired) electrons. The highest BCUT2D eigenvalue weighted by Crippen LogP contribution is 2.14. The standard InChI is InChI=1S/C7H8N4O/c1-12-5-3-2-4-6(10-5)11-7(8)9-4/h2-3H,1H3,(H3,8,9,10,11). The molecule has 2 aromatic rings. The highest BCUT2D eigenvalue weighted by Gasteiger charge is 2.01. The molecule has 0 bridgehead atoms. The number of hydrogen-bond acceptors (Lipinski definition) is 4. The average molecular weight is 164 g/mol. The summed E-state index contributed by atoms with van der Waals surface area (Å²) in [6.45, 7) is 0. The van der Waals surface area contributed by atoms with E-state index < -0.39 is 0 Å². The van der Waals surface area contributed by atoms with Crippen molar-refractivity contribution < 1.29 is 4.74 Å². The van der Waals surface area contributed by atoms with Gasteiger partial charge in [-0.05, 0) is 6.07 Å². The Bertz CT molecular complexity index is 409. The zero-order chi connectivity index (χ0) is 8.55. The van der Waals surface area contributed by atoms with E-state index in [1.165, 1.54) is 0 Å². The fourth-order valence-corrected chi connectivity index (χ4v) is 1.01. The second-order valence-electron chi connectivity index (χ2n) is 2.35. The van der Waals surface area contributed by atoms with Crippen LogP contribution in [0.2, 0.25) is 0 Å². The third kappa shape index (κ3) is 0.952. The molecule has 0 atom stereocenters. The topological polar surface area (TPSA) is 76.8 Å².